The summed E-state index contributed by atoms with van der Waals surface area (Å²) in [6.45, 7) is 1.18. The SMILES string of the molecule is COCCOc1nn(-c2ccccc2)c(NC(=O)N[C@@H]2CN(CC(F)(F)F)C[C@H]2c2cccc(F)c2)c1C. The molecule has 0 bridgehead atoms. The second kappa shape index (κ2) is 11.8. The number of para-hydroxylation sites is 1. The molecule has 2 heterocycles. The van der Waals surface area contributed by atoms with Crippen LogP contribution < -0.4 is 15.4 Å². The van der Waals surface area contributed by atoms with Crippen LogP contribution in [0.3, 0.4) is 0 Å². The molecule has 1 aromatic heterocycles. The molecule has 2 aromatic carbocycles. The summed E-state index contributed by atoms with van der Waals surface area (Å²) in [5.74, 6) is -0.389. The average Bonchev–Trinajstić information content (AvgIpc) is 3.39. The van der Waals surface area contributed by atoms with Gasteiger partial charge in [-0.05, 0) is 36.8 Å². The highest BCUT2D eigenvalue weighted by Crippen LogP contribution is 2.32. The molecule has 1 fully saturated rings. The Labute approximate surface area is 217 Å². The number of carbonyl (C=O) groups is 1. The summed E-state index contributed by atoms with van der Waals surface area (Å²) >= 11 is 0. The van der Waals surface area contributed by atoms with Crippen LogP contribution in [0.5, 0.6) is 5.88 Å². The highest BCUT2D eigenvalue weighted by atomic mass is 19.4. The Hall–Kier alpha value is -3.64. The lowest BCUT2D eigenvalue weighted by molar-refractivity contribution is -0.143. The molecule has 1 saturated heterocycles. The highest BCUT2D eigenvalue weighted by Gasteiger charge is 2.40. The Kier molecular flexibility index (Phi) is 8.52. The minimum Gasteiger partial charge on any atom is -0.474 e. The largest absolute Gasteiger partial charge is 0.474 e. The van der Waals surface area contributed by atoms with E-state index in [-0.39, 0.29) is 19.7 Å². The van der Waals surface area contributed by atoms with Gasteiger partial charge in [0.25, 0.3) is 0 Å². The predicted molar refractivity (Wildman–Crippen MR) is 133 cm³/mol. The number of ether oxygens (including phenoxy) is 2. The first-order valence-corrected chi connectivity index (χ1v) is 12.0. The number of halogens is 4. The number of anilines is 1. The van der Waals surface area contributed by atoms with Gasteiger partial charge in [0, 0.05) is 26.1 Å². The van der Waals surface area contributed by atoms with Crippen LogP contribution in [0.15, 0.2) is 54.6 Å². The summed E-state index contributed by atoms with van der Waals surface area (Å²) in [5.41, 5.74) is 1.74. The van der Waals surface area contributed by atoms with Crippen molar-refractivity contribution in [1.29, 1.82) is 0 Å². The summed E-state index contributed by atoms with van der Waals surface area (Å²) in [7, 11) is 1.55. The van der Waals surface area contributed by atoms with E-state index < -0.39 is 36.5 Å². The predicted octanol–water partition coefficient (Wildman–Crippen LogP) is 4.50. The van der Waals surface area contributed by atoms with Gasteiger partial charge in [-0.25, -0.2) is 13.9 Å². The van der Waals surface area contributed by atoms with Crippen molar-refractivity contribution >= 4 is 11.8 Å². The highest BCUT2D eigenvalue weighted by molar-refractivity contribution is 5.90. The van der Waals surface area contributed by atoms with Crippen LogP contribution in [0.25, 0.3) is 5.69 Å². The first kappa shape index (κ1) is 27.4. The zero-order chi connectivity index (χ0) is 27.3. The van der Waals surface area contributed by atoms with E-state index in [1.54, 1.807) is 32.2 Å². The lowest BCUT2D eigenvalue weighted by Crippen LogP contribution is -2.43. The number of benzene rings is 2. The fraction of sp³-hybridized carbons (Fsp3) is 0.385. The number of methoxy groups -OCH3 is 1. The van der Waals surface area contributed by atoms with E-state index in [0.717, 1.165) is 0 Å². The average molecular weight is 536 g/mol. The lowest BCUT2D eigenvalue weighted by atomic mass is 9.94. The Morgan fingerprint density at radius 3 is 2.55 bits per heavy atom. The van der Waals surface area contributed by atoms with Gasteiger partial charge < -0.3 is 14.8 Å². The van der Waals surface area contributed by atoms with E-state index in [1.807, 2.05) is 18.2 Å². The van der Waals surface area contributed by atoms with Crippen molar-refractivity contribution in [3.8, 4) is 11.6 Å². The summed E-state index contributed by atoms with van der Waals surface area (Å²) < 4.78 is 65.5. The number of hydrogen-bond donors (Lipinski definition) is 2. The third kappa shape index (κ3) is 6.81. The Balaban J connectivity index is 1.56. The van der Waals surface area contributed by atoms with Gasteiger partial charge >= 0.3 is 12.2 Å². The molecule has 2 N–H and O–H groups in total. The number of nitrogens with zero attached hydrogens (tertiary/aromatic N) is 3. The van der Waals surface area contributed by atoms with Crippen molar-refractivity contribution in [3.05, 3.63) is 71.5 Å². The number of carbonyl (C=O) groups excluding carboxylic acids is 1. The molecule has 2 atom stereocenters. The molecule has 12 heteroatoms. The van der Waals surface area contributed by atoms with Gasteiger partial charge in [-0.15, -0.1) is 5.10 Å². The number of aromatic nitrogens is 2. The quantitative estimate of drug-likeness (QED) is 0.312. The molecule has 0 saturated carbocycles. The minimum absolute atomic E-state index is 0.0202. The Morgan fingerprint density at radius 2 is 1.87 bits per heavy atom. The Morgan fingerprint density at radius 1 is 1.11 bits per heavy atom. The molecule has 0 spiro atoms. The fourth-order valence-electron chi connectivity index (χ4n) is 4.54. The number of amides is 2. The molecule has 1 aliphatic heterocycles. The van der Waals surface area contributed by atoms with Crippen LogP contribution in [0.1, 0.15) is 17.0 Å². The number of likely N-dealkylation sites (tertiary alicyclic amines) is 1. The van der Waals surface area contributed by atoms with Gasteiger partial charge in [0.2, 0.25) is 5.88 Å². The van der Waals surface area contributed by atoms with Crippen molar-refractivity contribution < 1.29 is 31.8 Å². The van der Waals surface area contributed by atoms with Crippen LogP contribution in [0.2, 0.25) is 0 Å². The topological polar surface area (TPSA) is 80.6 Å². The molecule has 0 aliphatic carbocycles. The molecule has 2 amide bonds. The van der Waals surface area contributed by atoms with Crippen LogP contribution in [0, 0.1) is 12.7 Å². The van der Waals surface area contributed by atoms with Crippen molar-refractivity contribution in [3.63, 3.8) is 0 Å². The normalized spacial score (nSPS) is 17.9. The summed E-state index contributed by atoms with van der Waals surface area (Å²) in [4.78, 5) is 14.4. The first-order valence-electron chi connectivity index (χ1n) is 12.0. The smallest absolute Gasteiger partial charge is 0.401 e. The molecule has 8 nitrogen and oxygen atoms in total. The second-order valence-electron chi connectivity index (χ2n) is 9.04. The molecular weight excluding hydrogens is 506 g/mol. The maximum absolute atomic E-state index is 13.9. The molecule has 4 rings (SSSR count). The minimum atomic E-state index is -4.40. The van der Waals surface area contributed by atoms with Gasteiger partial charge in [0.15, 0.2) is 0 Å². The number of hydrogen-bond acceptors (Lipinski definition) is 5. The number of urea groups is 1. The lowest BCUT2D eigenvalue weighted by Gasteiger charge is -2.21. The van der Waals surface area contributed by atoms with Crippen LogP contribution in [-0.2, 0) is 4.74 Å². The Bertz CT molecular complexity index is 1240. The molecule has 38 heavy (non-hydrogen) atoms. The molecule has 0 unspecified atom stereocenters. The standard InChI is InChI=1S/C26H29F4N5O3/c1-17-23(35(20-9-4-3-5-10-20)33-24(17)38-12-11-37-2)32-25(36)31-22-15-34(16-26(28,29)30)14-21(22)18-7-6-8-19(27)13-18/h3-10,13,21-22H,11-12,14-16H2,1-2H3,(H2,31,32,36)/t21-,22+/m0/s1. The zero-order valence-electron chi connectivity index (χ0n) is 21.0. The first-order chi connectivity index (χ1) is 18.1. The van der Waals surface area contributed by atoms with E-state index >= 15 is 0 Å². The summed E-state index contributed by atoms with van der Waals surface area (Å²) in [6, 6.07) is 13.5. The number of alkyl halides is 3. The zero-order valence-corrected chi connectivity index (χ0v) is 21.0. The van der Waals surface area contributed by atoms with E-state index in [0.29, 0.717) is 35.1 Å². The van der Waals surface area contributed by atoms with Gasteiger partial charge in [0.05, 0.1) is 30.4 Å². The van der Waals surface area contributed by atoms with Gasteiger partial charge in [-0.3, -0.25) is 10.2 Å². The monoisotopic (exact) mass is 535 g/mol. The molecule has 3 aromatic rings. The van der Waals surface area contributed by atoms with Crippen LogP contribution in [-0.4, -0.2) is 72.9 Å². The van der Waals surface area contributed by atoms with E-state index in [2.05, 4.69) is 15.7 Å². The van der Waals surface area contributed by atoms with Gasteiger partial charge in [0.1, 0.15) is 18.2 Å². The maximum Gasteiger partial charge on any atom is 0.401 e. The van der Waals surface area contributed by atoms with Crippen molar-refractivity contribution in [1.82, 2.24) is 20.0 Å². The molecule has 0 radical (unpaired) electrons. The van der Waals surface area contributed by atoms with E-state index in [1.165, 1.54) is 27.8 Å². The molecule has 204 valence electrons. The van der Waals surface area contributed by atoms with E-state index in [4.69, 9.17) is 9.47 Å². The third-order valence-corrected chi connectivity index (χ3v) is 6.23. The fourth-order valence-corrected chi connectivity index (χ4v) is 4.54. The van der Waals surface area contributed by atoms with Gasteiger partial charge in [-0.2, -0.15) is 13.2 Å². The van der Waals surface area contributed by atoms with E-state index in [9.17, 15) is 22.4 Å². The van der Waals surface area contributed by atoms with Crippen molar-refractivity contribution in [2.24, 2.45) is 0 Å². The van der Waals surface area contributed by atoms with Crippen molar-refractivity contribution in [2.75, 3.05) is 45.3 Å². The van der Waals surface area contributed by atoms with Gasteiger partial charge in [-0.1, -0.05) is 30.3 Å². The molecular formula is C26H29F4N5O3. The second-order valence-corrected chi connectivity index (χ2v) is 9.04. The van der Waals surface area contributed by atoms with Crippen molar-refractivity contribution in [2.45, 2.75) is 25.1 Å². The molecule has 1 aliphatic rings. The number of rotatable bonds is 9. The number of nitrogens with one attached hydrogen (secondary N) is 2. The summed E-state index contributed by atoms with van der Waals surface area (Å²) in [5, 5.41) is 10.1. The third-order valence-electron chi connectivity index (χ3n) is 6.23. The summed E-state index contributed by atoms with van der Waals surface area (Å²) in [6.07, 6.45) is -4.40. The maximum atomic E-state index is 13.9. The van der Waals surface area contributed by atoms with Crippen LogP contribution in [0.4, 0.5) is 28.2 Å². The van der Waals surface area contributed by atoms with Crippen LogP contribution >= 0.6 is 0 Å².